The third-order valence-electron chi connectivity index (χ3n) is 3.47. The minimum Gasteiger partial charge on any atom is -0.480 e. The van der Waals surface area contributed by atoms with E-state index < -0.39 is 35.4 Å². The van der Waals surface area contributed by atoms with Crippen molar-refractivity contribution < 1.29 is 19.5 Å². The van der Waals surface area contributed by atoms with Gasteiger partial charge in [0.15, 0.2) is 0 Å². The van der Waals surface area contributed by atoms with Crippen LogP contribution in [-0.2, 0) is 9.59 Å². The Balaban J connectivity index is 2.82. The summed E-state index contributed by atoms with van der Waals surface area (Å²) >= 11 is 0. The molecule has 0 saturated carbocycles. The predicted molar refractivity (Wildman–Crippen MR) is 72.9 cm³/mol. The summed E-state index contributed by atoms with van der Waals surface area (Å²) in [5, 5.41) is 11.7. The number of urea groups is 1. The molecule has 3 amide bonds. The molecule has 1 aliphatic heterocycles. The van der Waals surface area contributed by atoms with E-state index in [0.29, 0.717) is 13.0 Å². The number of nitrogens with one attached hydrogen (secondary N) is 1. The molecule has 1 fully saturated rings. The molecule has 7 heteroatoms. The molecule has 1 aliphatic rings. The number of piperidine rings is 1. The van der Waals surface area contributed by atoms with Gasteiger partial charge in [-0.15, -0.1) is 0 Å². The molecule has 4 N–H and O–H groups in total. The van der Waals surface area contributed by atoms with Crippen LogP contribution in [0.4, 0.5) is 4.79 Å². The number of rotatable bonds is 3. The van der Waals surface area contributed by atoms with Gasteiger partial charge in [0, 0.05) is 6.54 Å². The zero-order valence-corrected chi connectivity index (χ0v) is 12.2. The first-order valence-corrected chi connectivity index (χ1v) is 6.74. The van der Waals surface area contributed by atoms with Gasteiger partial charge < -0.3 is 21.1 Å². The van der Waals surface area contributed by atoms with E-state index in [1.807, 2.05) is 0 Å². The monoisotopic (exact) mass is 285 g/mol. The molecule has 0 aromatic heterocycles. The number of carboxylic acid groups (broad SMARTS) is 1. The Labute approximate surface area is 118 Å². The SMILES string of the molecule is CC(C)(C)[C@@H](NC(=O)N1CCCCC1C(N)=O)C(=O)O. The van der Waals surface area contributed by atoms with E-state index in [1.165, 1.54) is 4.90 Å². The number of likely N-dealkylation sites (tertiary alicyclic amines) is 1. The average molecular weight is 285 g/mol. The molecule has 0 aliphatic carbocycles. The number of carbonyl (C=O) groups is 3. The molecular formula is C13H23N3O4. The summed E-state index contributed by atoms with van der Waals surface area (Å²) in [6.45, 7) is 5.60. The first-order valence-electron chi connectivity index (χ1n) is 6.74. The Morgan fingerprint density at radius 3 is 2.35 bits per heavy atom. The van der Waals surface area contributed by atoms with Gasteiger partial charge in [-0.3, -0.25) is 4.79 Å². The fourth-order valence-electron chi connectivity index (χ4n) is 2.33. The van der Waals surface area contributed by atoms with Crippen molar-refractivity contribution >= 4 is 17.9 Å². The molecule has 0 aromatic carbocycles. The summed E-state index contributed by atoms with van der Waals surface area (Å²) in [6, 6.07) is -2.22. The molecule has 2 atom stereocenters. The number of aliphatic carboxylic acids is 1. The van der Waals surface area contributed by atoms with Crippen molar-refractivity contribution in [2.75, 3.05) is 6.54 Å². The van der Waals surface area contributed by atoms with E-state index in [2.05, 4.69) is 5.32 Å². The van der Waals surface area contributed by atoms with Crippen molar-refractivity contribution in [1.82, 2.24) is 10.2 Å². The first-order chi connectivity index (χ1) is 9.14. The highest BCUT2D eigenvalue weighted by atomic mass is 16.4. The first kappa shape index (κ1) is 16.3. The highest BCUT2D eigenvalue weighted by Crippen LogP contribution is 2.21. The number of nitrogens with zero attached hydrogens (tertiary/aromatic N) is 1. The van der Waals surface area contributed by atoms with Crippen LogP contribution < -0.4 is 11.1 Å². The van der Waals surface area contributed by atoms with E-state index in [-0.39, 0.29) is 0 Å². The summed E-state index contributed by atoms with van der Waals surface area (Å²) < 4.78 is 0. The second-order valence-corrected chi connectivity index (χ2v) is 6.19. The van der Waals surface area contributed by atoms with E-state index in [1.54, 1.807) is 20.8 Å². The van der Waals surface area contributed by atoms with E-state index >= 15 is 0 Å². The Hall–Kier alpha value is -1.79. The van der Waals surface area contributed by atoms with Gasteiger partial charge in [0.1, 0.15) is 12.1 Å². The largest absolute Gasteiger partial charge is 0.480 e. The van der Waals surface area contributed by atoms with Gasteiger partial charge >= 0.3 is 12.0 Å². The maximum Gasteiger partial charge on any atom is 0.326 e. The summed E-state index contributed by atoms with van der Waals surface area (Å²) in [6.07, 6.45) is 2.14. The number of hydrogen-bond donors (Lipinski definition) is 3. The fourth-order valence-corrected chi connectivity index (χ4v) is 2.33. The molecular weight excluding hydrogens is 262 g/mol. The van der Waals surface area contributed by atoms with Crippen LogP contribution in [0.1, 0.15) is 40.0 Å². The maximum atomic E-state index is 12.2. The third-order valence-corrected chi connectivity index (χ3v) is 3.47. The Bertz CT molecular complexity index is 403. The van der Waals surface area contributed by atoms with Crippen molar-refractivity contribution in [3.63, 3.8) is 0 Å². The van der Waals surface area contributed by atoms with E-state index in [4.69, 9.17) is 5.73 Å². The highest BCUT2D eigenvalue weighted by molar-refractivity contribution is 5.88. The Morgan fingerprint density at radius 1 is 1.30 bits per heavy atom. The fraction of sp³-hybridized carbons (Fsp3) is 0.769. The van der Waals surface area contributed by atoms with Crippen LogP contribution in [-0.4, -0.2) is 46.5 Å². The Morgan fingerprint density at radius 2 is 1.90 bits per heavy atom. The molecule has 1 rings (SSSR count). The quantitative estimate of drug-likeness (QED) is 0.702. The number of carboxylic acids is 1. The zero-order valence-electron chi connectivity index (χ0n) is 12.2. The number of primary amides is 1. The lowest BCUT2D eigenvalue weighted by atomic mass is 9.87. The predicted octanol–water partition coefficient (Wildman–Crippen LogP) is 0.535. The molecule has 114 valence electrons. The zero-order chi connectivity index (χ0) is 15.5. The third kappa shape index (κ3) is 3.85. The summed E-state index contributed by atoms with van der Waals surface area (Å²) in [5.41, 5.74) is 4.67. The van der Waals surface area contributed by atoms with Gasteiger partial charge in [-0.1, -0.05) is 20.8 Å². The van der Waals surface area contributed by atoms with Crippen LogP contribution >= 0.6 is 0 Å². The van der Waals surface area contributed by atoms with Crippen LogP contribution in [0.2, 0.25) is 0 Å². The number of amides is 3. The van der Waals surface area contributed by atoms with Gasteiger partial charge in [-0.25, -0.2) is 9.59 Å². The lowest BCUT2D eigenvalue weighted by Crippen LogP contribution is -2.58. The van der Waals surface area contributed by atoms with Gasteiger partial charge in [-0.2, -0.15) is 0 Å². The minimum atomic E-state index is -1.10. The van der Waals surface area contributed by atoms with Crippen molar-refractivity contribution in [2.24, 2.45) is 11.1 Å². The standard InChI is InChI=1S/C13H23N3O4/c1-13(2,3)9(11(18)19)15-12(20)16-7-5-4-6-8(16)10(14)17/h8-9H,4-7H2,1-3H3,(H2,14,17)(H,15,20)(H,18,19)/t8?,9-/m0/s1. The molecule has 1 unspecified atom stereocenters. The number of hydrogen-bond acceptors (Lipinski definition) is 3. The molecule has 0 aromatic rings. The number of nitrogens with two attached hydrogens (primary N) is 1. The van der Waals surface area contributed by atoms with Gasteiger partial charge in [0.25, 0.3) is 0 Å². The van der Waals surface area contributed by atoms with E-state index in [0.717, 1.165) is 12.8 Å². The molecule has 1 heterocycles. The Kier molecular flexibility index (Phi) is 4.97. The lowest BCUT2D eigenvalue weighted by Gasteiger charge is -2.36. The van der Waals surface area contributed by atoms with Crippen molar-refractivity contribution in [3.05, 3.63) is 0 Å². The molecule has 0 radical (unpaired) electrons. The van der Waals surface area contributed by atoms with Gasteiger partial charge in [0.05, 0.1) is 0 Å². The summed E-state index contributed by atoms with van der Waals surface area (Å²) in [4.78, 5) is 36.2. The van der Waals surface area contributed by atoms with Crippen LogP contribution in [0.5, 0.6) is 0 Å². The smallest absolute Gasteiger partial charge is 0.326 e. The van der Waals surface area contributed by atoms with E-state index in [9.17, 15) is 19.5 Å². The molecule has 0 bridgehead atoms. The van der Waals surface area contributed by atoms with Crippen molar-refractivity contribution in [2.45, 2.75) is 52.1 Å². The normalized spacial score (nSPS) is 21.1. The second kappa shape index (κ2) is 6.11. The topological polar surface area (TPSA) is 113 Å². The van der Waals surface area contributed by atoms with Crippen LogP contribution in [0.25, 0.3) is 0 Å². The molecule has 7 nitrogen and oxygen atoms in total. The van der Waals surface area contributed by atoms with Crippen LogP contribution in [0.3, 0.4) is 0 Å². The molecule has 20 heavy (non-hydrogen) atoms. The minimum absolute atomic E-state index is 0.413. The van der Waals surface area contributed by atoms with Crippen molar-refractivity contribution in [3.8, 4) is 0 Å². The molecule has 0 spiro atoms. The maximum absolute atomic E-state index is 12.2. The number of carbonyl (C=O) groups excluding carboxylic acids is 2. The van der Waals surface area contributed by atoms with Gasteiger partial charge in [0.2, 0.25) is 5.91 Å². The van der Waals surface area contributed by atoms with Crippen LogP contribution in [0.15, 0.2) is 0 Å². The summed E-state index contributed by atoms with van der Waals surface area (Å²) in [5.74, 6) is -1.65. The van der Waals surface area contributed by atoms with Crippen LogP contribution in [0, 0.1) is 5.41 Å². The van der Waals surface area contributed by atoms with Gasteiger partial charge in [-0.05, 0) is 24.7 Å². The highest BCUT2D eigenvalue weighted by Gasteiger charge is 2.37. The second-order valence-electron chi connectivity index (χ2n) is 6.19. The molecule has 1 saturated heterocycles. The lowest BCUT2D eigenvalue weighted by molar-refractivity contribution is -0.142. The van der Waals surface area contributed by atoms with Crippen molar-refractivity contribution in [1.29, 1.82) is 0 Å². The average Bonchev–Trinajstić information content (AvgIpc) is 2.33. The summed E-state index contributed by atoms with van der Waals surface area (Å²) in [7, 11) is 0.